The molecular formula is C22H25F2N9O8P2S3. The molecule has 9 atom stereocenters. The van der Waals surface area contributed by atoms with Crippen LogP contribution < -0.4 is 16.6 Å². The molecule has 0 spiro atoms. The monoisotopic (exact) mass is 739 g/mol. The predicted molar refractivity (Wildman–Crippen MR) is 169 cm³/mol. The number of alkyl halides is 2. The molecule has 4 aromatic heterocycles. The molecule has 3 aliphatic heterocycles. The van der Waals surface area contributed by atoms with E-state index < -0.39 is 79.9 Å². The Labute approximate surface area is 272 Å². The van der Waals surface area contributed by atoms with E-state index in [1.807, 2.05) is 0 Å². The van der Waals surface area contributed by atoms with Gasteiger partial charge in [-0.2, -0.15) is 4.98 Å². The van der Waals surface area contributed by atoms with Gasteiger partial charge in [-0.15, -0.1) is 11.8 Å². The third-order valence-corrected chi connectivity index (χ3v) is 12.4. The van der Waals surface area contributed by atoms with E-state index in [-0.39, 0.29) is 22.8 Å². The van der Waals surface area contributed by atoms with Crippen molar-refractivity contribution in [1.29, 1.82) is 0 Å². The molecule has 4 aromatic rings. The van der Waals surface area contributed by atoms with Gasteiger partial charge in [0.25, 0.3) is 5.56 Å². The van der Waals surface area contributed by atoms with E-state index in [1.165, 1.54) is 23.4 Å². The quantitative estimate of drug-likeness (QED) is 0.151. The van der Waals surface area contributed by atoms with Gasteiger partial charge in [-0.25, -0.2) is 32.9 Å². The molecule has 3 aliphatic rings. The zero-order valence-electron chi connectivity index (χ0n) is 23.4. The number of aromatic nitrogens is 7. The number of aromatic amines is 1. The summed E-state index contributed by atoms with van der Waals surface area (Å²) in [6.45, 7) is -10.7. The van der Waals surface area contributed by atoms with Crippen molar-refractivity contribution < 1.29 is 40.7 Å². The van der Waals surface area contributed by atoms with Gasteiger partial charge in [0.15, 0.2) is 22.9 Å². The zero-order valence-corrected chi connectivity index (χ0v) is 27.8. The van der Waals surface area contributed by atoms with Gasteiger partial charge in [0, 0.05) is 13.2 Å². The molecule has 7 heterocycles. The Kier molecular flexibility index (Phi) is 8.22. The highest BCUT2D eigenvalue weighted by Gasteiger charge is 2.58. The van der Waals surface area contributed by atoms with Crippen LogP contribution in [-0.4, -0.2) is 90.7 Å². The van der Waals surface area contributed by atoms with Crippen molar-refractivity contribution in [3.05, 3.63) is 35.3 Å². The third kappa shape index (κ3) is 5.55. The van der Waals surface area contributed by atoms with Gasteiger partial charge in [-0.3, -0.25) is 37.0 Å². The Morgan fingerprint density at radius 2 is 1.87 bits per heavy atom. The van der Waals surface area contributed by atoms with Crippen LogP contribution in [0.1, 0.15) is 5.37 Å². The Hall–Kier alpha value is -2.26. The number of nitrogens with one attached hydrogen (secondary N) is 2. The summed E-state index contributed by atoms with van der Waals surface area (Å²) >= 11 is 9.04. The second-order valence-corrected chi connectivity index (χ2v) is 17.6. The van der Waals surface area contributed by atoms with E-state index in [2.05, 4.69) is 54.7 Å². The molecule has 24 heteroatoms. The number of thioether (sulfide) groups is 1. The number of rotatable bonds is 3. The summed E-state index contributed by atoms with van der Waals surface area (Å²) in [6, 6.07) is 1.65. The molecule has 17 nitrogen and oxygen atoms in total. The lowest BCUT2D eigenvalue weighted by Crippen LogP contribution is -2.44. The molecule has 0 aromatic carbocycles. The maximum absolute atomic E-state index is 17.0. The van der Waals surface area contributed by atoms with Crippen LogP contribution >= 0.6 is 49.9 Å². The van der Waals surface area contributed by atoms with Gasteiger partial charge < -0.3 is 15.8 Å². The molecule has 3 fully saturated rings. The number of hydrogen-bond donors (Lipinski definition) is 5. The number of halogens is 2. The molecule has 2 unspecified atom stereocenters. The van der Waals surface area contributed by atoms with E-state index >= 15 is 8.78 Å². The smallest absolute Gasteiger partial charge is 0.386 e. The molecule has 4 N–H and O–H groups in total. The highest BCUT2D eigenvalue weighted by molar-refractivity contribution is 8.44. The van der Waals surface area contributed by atoms with Gasteiger partial charge >= 0.3 is 13.6 Å². The van der Waals surface area contributed by atoms with Crippen molar-refractivity contribution in [3.63, 3.8) is 0 Å². The summed E-state index contributed by atoms with van der Waals surface area (Å²) < 4.78 is 90.6. The van der Waals surface area contributed by atoms with E-state index in [0.29, 0.717) is 11.2 Å². The molecule has 0 saturated carbocycles. The molecule has 0 aliphatic carbocycles. The number of nitrogens with two attached hydrogens (primary N) is 1. The Bertz CT molecular complexity index is 1990. The zero-order chi connectivity index (χ0) is 32.6. The van der Waals surface area contributed by atoms with Crippen LogP contribution in [0, 0.1) is 0 Å². The first-order chi connectivity index (χ1) is 21.8. The molecule has 0 amide bonds. The number of anilines is 2. The van der Waals surface area contributed by atoms with E-state index in [4.69, 9.17) is 28.6 Å². The van der Waals surface area contributed by atoms with E-state index in [0.717, 1.165) is 16.3 Å². The van der Waals surface area contributed by atoms with Crippen LogP contribution in [0.3, 0.4) is 0 Å². The van der Waals surface area contributed by atoms with Crippen LogP contribution in [0.2, 0.25) is 0 Å². The SMILES string of the molecule is CNc1ccnc2c1ncn2[C@]1(F)CO[C@@H]2COP(=O)(S)O[C@@H]3[C@@H](F)[C@@H](COP(=O)(S)O[C@H]21)S[C@H]3n1cnc2c(=O)[nH]c(N)nc21. The molecule has 248 valence electrons. The summed E-state index contributed by atoms with van der Waals surface area (Å²) in [5, 5.41) is 0.771. The lowest BCUT2D eigenvalue weighted by molar-refractivity contribution is -0.0334. The minimum Gasteiger partial charge on any atom is -0.386 e. The van der Waals surface area contributed by atoms with Crippen LogP contribution in [-0.2, 0) is 37.8 Å². The highest BCUT2D eigenvalue weighted by atomic mass is 32.7. The summed E-state index contributed by atoms with van der Waals surface area (Å²) in [5.74, 6) is -2.80. The maximum Gasteiger partial charge on any atom is 0.386 e. The molecule has 3 saturated heterocycles. The van der Waals surface area contributed by atoms with Gasteiger partial charge in [-0.1, -0.05) is 24.5 Å². The number of thiol groups is 2. The summed E-state index contributed by atoms with van der Waals surface area (Å²) in [5.41, 5.74) is 6.03. The van der Waals surface area contributed by atoms with Crippen LogP contribution in [0.4, 0.5) is 20.4 Å². The third-order valence-electron chi connectivity index (χ3n) is 7.67. The van der Waals surface area contributed by atoms with Crippen molar-refractivity contribution in [2.24, 2.45) is 0 Å². The minimum atomic E-state index is -4.45. The summed E-state index contributed by atoms with van der Waals surface area (Å²) in [4.78, 5) is 31.3. The molecule has 2 bridgehead atoms. The number of fused-ring (bicyclic) bond motifs is 5. The Morgan fingerprint density at radius 1 is 1.13 bits per heavy atom. The fourth-order valence-electron chi connectivity index (χ4n) is 5.55. The Morgan fingerprint density at radius 3 is 2.65 bits per heavy atom. The standard InChI is InChI=1S/C22H25F2N9O8P2S3/c1-26-9-2-3-27-17-13(9)29-8-33(17)22(24)6-37-10-4-38-42(35,44)40-15-12(23)11(5-39-43(36,45)41-16(10)22)46-20(15)32-7-28-14-18(32)30-21(25)31-19(14)34/h2-3,7-8,10-12,15-16,20H,4-6H2,1H3,(H,26,27)(H,35,44)(H,36,45)(H3,25,30,31,34)/t10-,11-,12+,15-,16-,20-,22-,42?,43?/m1/s1. The topological polar surface area (TPSA) is 213 Å². The summed E-state index contributed by atoms with van der Waals surface area (Å²) in [6.07, 6.45) is -2.69. The first-order valence-electron chi connectivity index (χ1n) is 13.4. The van der Waals surface area contributed by atoms with Crippen molar-refractivity contribution >= 4 is 83.8 Å². The summed E-state index contributed by atoms with van der Waals surface area (Å²) in [7, 11) is 1.66. The average molecular weight is 740 g/mol. The fourth-order valence-corrected chi connectivity index (χ4v) is 10.1. The largest absolute Gasteiger partial charge is 0.386 e. The lowest BCUT2D eigenvalue weighted by Gasteiger charge is -2.31. The number of imidazole rings is 2. The minimum absolute atomic E-state index is 0.00480. The number of nitrogen functional groups attached to an aromatic ring is 1. The Balaban J connectivity index is 1.23. The number of H-pyrrole nitrogens is 1. The van der Waals surface area contributed by atoms with Crippen molar-refractivity contribution in [2.45, 2.75) is 40.9 Å². The van der Waals surface area contributed by atoms with Gasteiger partial charge in [0.2, 0.25) is 11.7 Å². The lowest BCUT2D eigenvalue weighted by atomic mass is 10.1. The van der Waals surface area contributed by atoms with Crippen LogP contribution in [0.5, 0.6) is 0 Å². The molecular weight excluding hydrogens is 714 g/mol. The van der Waals surface area contributed by atoms with Gasteiger partial charge in [0.1, 0.15) is 35.9 Å². The molecule has 46 heavy (non-hydrogen) atoms. The van der Waals surface area contributed by atoms with Crippen LogP contribution in [0.25, 0.3) is 22.3 Å². The van der Waals surface area contributed by atoms with Crippen molar-refractivity contribution in [3.8, 4) is 0 Å². The van der Waals surface area contributed by atoms with E-state index in [1.54, 1.807) is 13.1 Å². The van der Waals surface area contributed by atoms with Crippen LogP contribution in [0.15, 0.2) is 29.7 Å². The normalized spacial score (nSPS) is 37.1. The number of ether oxygens (including phenoxy) is 1. The number of nitrogens with zero attached hydrogens (tertiary/aromatic N) is 6. The second-order valence-electron chi connectivity index (χ2n) is 10.5. The first-order valence-corrected chi connectivity index (χ1v) is 19.8. The first kappa shape index (κ1) is 32.3. The number of hydrogen-bond acceptors (Lipinski definition) is 15. The van der Waals surface area contributed by atoms with Gasteiger partial charge in [-0.05, 0) is 6.07 Å². The fraction of sp³-hybridized carbons (Fsp3) is 0.500. The van der Waals surface area contributed by atoms with E-state index in [9.17, 15) is 13.9 Å². The van der Waals surface area contributed by atoms with Crippen molar-refractivity contribution in [2.75, 3.05) is 37.9 Å². The second kappa shape index (κ2) is 11.7. The maximum atomic E-state index is 17.0. The van der Waals surface area contributed by atoms with Crippen molar-refractivity contribution in [1.82, 2.24) is 34.1 Å². The molecule has 7 rings (SSSR count). The highest BCUT2D eigenvalue weighted by Crippen LogP contribution is 2.62. The average Bonchev–Trinajstić information content (AvgIpc) is 3.76. The van der Waals surface area contributed by atoms with Gasteiger partial charge in [0.05, 0.1) is 36.8 Å². The predicted octanol–water partition coefficient (Wildman–Crippen LogP) is 3.05. The number of pyridine rings is 1. The molecule has 0 radical (unpaired) electrons.